The number of hydrogen-bond donors (Lipinski definition) is 0. The third kappa shape index (κ3) is 5.28. The number of nitrogens with zero attached hydrogens (tertiary/aromatic N) is 3. The highest BCUT2D eigenvalue weighted by Gasteiger charge is 2.26. The molecule has 1 unspecified atom stereocenters. The van der Waals surface area contributed by atoms with Crippen LogP contribution in [0, 0.1) is 0 Å². The van der Waals surface area contributed by atoms with Crippen LogP contribution in [0.1, 0.15) is 31.9 Å². The van der Waals surface area contributed by atoms with Gasteiger partial charge in [0.05, 0.1) is 32.2 Å². The standard InChI is InChI=1S/C28H35N3O3/c1-5-30-19-20-31(18-17-25(30)21-7-11-23(32-3)12-8-21)26-15-16-27(33-4)29-28(26)22-9-13-24(14-10-22)34-6-2/h7-16,25H,5-6,17-20H2,1-4H3. The molecule has 1 aliphatic heterocycles. The minimum atomic E-state index is 0.376. The molecule has 180 valence electrons. The molecule has 2 heterocycles. The molecule has 6 nitrogen and oxygen atoms in total. The van der Waals surface area contributed by atoms with Gasteiger partial charge >= 0.3 is 0 Å². The van der Waals surface area contributed by atoms with Crippen molar-refractivity contribution in [2.75, 3.05) is 51.9 Å². The molecule has 34 heavy (non-hydrogen) atoms. The SMILES string of the molecule is CCOc1ccc(-c2nc(OC)ccc2N2CCC(c3ccc(OC)cc3)N(CC)CC2)cc1. The van der Waals surface area contributed by atoms with E-state index in [2.05, 4.69) is 59.2 Å². The van der Waals surface area contributed by atoms with E-state index in [-0.39, 0.29) is 0 Å². The van der Waals surface area contributed by atoms with Crippen molar-refractivity contribution in [3.8, 4) is 28.6 Å². The van der Waals surface area contributed by atoms with E-state index in [0.29, 0.717) is 18.5 Å². The van der Waals surface area contributed by atoms with E-state index in [1.807, 2.05) is 25.1 Å². The maximum absolute atomic E-state index is 5.63. The van der Waals surface area contributed by atoms with Crippen molar-refractivity contribution >= 4 is 5.69 Å². The maximum Gasteiger partial charge on any atom is 0.213 e. The molecular formula is C28H35N3O3. The van der Waals surface area contributed by atoms with E-state index in [4.69, 9.17) is 19.2 Å². The van der Waals surface area contributed by atoms with Crippen LogP contribution in [0.4, 0.5) is 5.69 Å². The fourth-order valence-electron chi connectivity index (χ4n) is 4.69. The van der Waals surface area contributed by atoms with Crippen LogP contribution < -0.4 is 19.1 Å². The highest BCUT2D eigenvalue weighted by Crippen LogP contribution is 2.35. The van der Waals surface area contributed by atoms with Crippen LogP contribution >= 0.6 is 0 Å². The molecule has 1 aliphatic rings. The fraction of sp³-hybridized carbons (Fsp3) is 0.393. The first kappa shape index (κ1) is 23.9. The van der Waals surface area contributed by atoms with Gasteiger partial charge in [-0.2, -0.15) is 0 Å². The lowest BCUT2D eigenvalue weighted by molar-refractivity contribution is 0.219. The molecule has 0 saturated carbocycles. The van der Waals surface area contributed by atoms with E-state index >= 15 is 0 Å². The van der Waals surface area contributed by atoms with Gasteiger partial charge in [-0.25, -0.2) is 4.98 Å². The van der Waals surface area contributed by atoms with Gasteiger partial charge in [-0.05, 0) is 67.9 Å². The van der Waals surface area contributed by atoms with Gasteiger partial charge in [0.1, 0.15) is 11.5 Å². The van der Waals surface area contributed by atoms with Crippen LogP contribution in [0.15, 0.2) is 60.7 Å². The first-order valence-electron chi connectivity index (χ1n) is 12.1. The lowest BCUT2D eigenvalue weighted by Crippen LogP contribution is -2.32. The van der Waals surface area contributed by atoms with E-state index in [1.165, 1.54) is 5.56 Å². The first-order valence-corrected chi connectivity index (χ1v) is 12.1. The van der Waals surface area contributed by atoms with Gasteiger partial charge in [0, 0.05) is 37.3 Å². The number of likely N-dealkylation sites (N-methyl/N-ethyl adjacent to an activating group) is 1. The molecule has 0 bridgehead atoms. The summed E-state index contributed by atoms with van der Waals surface area (Å²) in [7, 11) is 3.37. The average molecular weight is 462 g/mol. The van der Waals surface area contributed by atoms with Crippen molar-refractivity contribution in [2.24, 2.45) is 0 Å². The minimum Gasteiger partial charge on any atom is -0.497 e. The van der Waals surface area contributed by atoms with Gasteiger partial charge in [0.25, 0.3) is 0 Å². The van der Waals surface area contributed by atoms with Crippen LogP contribution in [0.2, 0.25) is 0 Å². The Hall–Kier alpha value is -3.25. The van der Waals surface area contributed by atoms with E-state index < -0.39 is 0 Å². The molecule has 0 aliphatic carbocycles. The van der Waals surface area contributed by atoms with Gasteiger partial charge in [-0.15, -0.1) is 0 Å². The molecule has 1 fully saturated rings. The fourth-order valence-corrected chi connectivity index (χ4v) is 4.69. The Morgan fingerprint density at radius 3 is 2.21 bits per heavy atom. The van der Waals surface area contributed by atoms with Crippen molar-refractivity contribution in [2.45, 2.75) is 26.3 Å². The van der Waals surface area contributed by atoms with Crippen LogP contribution in [0.3, 0.4) is 0 Å². The van der Waals surface area contributed by atoms with Crippen molar-refractivity contribution < 1.29 is 14.2 Å². The third-order valence-electron chi connectivity index (χ3n) is 6.51. The predicted molar refractivity (Wildman–Crippen MR) is 137 cm³/mol. The van der Waals surface area contributed by atoms with Gasteiger partial charge < -0.3 is 19.1 Å². The Labute approximate surface area is 203 Å². The average Bonchev–Trinajstić information content (AvgIpc) is 3.11. The number of rotatable bonds is 8. The van der Waals surface area contributed by atoms with Crippen LogP contribution in [0.25, 0.3) is 11.3 Å². The topological polar surface area (TPSA) is 47.1 Å². The molecule has 1 atom stereocenters. The van der Waals surface area contributed by atoms with Crippen LogP contribution in [0.5, 0.6) is 17.4 Å². The number of ether oxygens (including phenoxy) is 3. The van der Waals surface area contributed by atoms with Gasteiger partial charge in [-0.1, -0.05) is 19.1 Å². The summed E-state index contributed by atoms with van der Waals surface area (Å²) in [6, 6.07) is 21.1. The summed E-state index contributed by atoms with van der Waals surface area (Å²) in [5, 5.41) is 0. The minimum absolute atomic E-state index is 0.376. The van der Waals surface area contributed by atoms with Crippen molar-refractivity contribution in [1.82, 2.24) is 9.88 Å². The van der Waals surface area contributed by atoms with Crippen LogP contribution in [-0.2, 0) is 0 Å². The zero-order valence-electron chi connectivity index (χ0n) is 20.7. The highest BCUT2D eigenvalue weighted by molar-refractivity contribution is 5.76. The van der Waals surface area contributed by atoms with Gasteiger partial charge in [-0.3, -0.25) is 4.90 Å². The summed E-state index contributed by atoms with van der Waals surface area (Å²) in [5.41, 5.74) is 4.47. The monoisotopic (exact) mass is 461 g/mol. The maximum atomic E-state index is 5.63. The second kappa shape index (κ2) is 11.3. The molecule has 0 amide bonds. The zero-order chi connectivity index (χ0) is 23.9. The summed E-state index contributed by atoms with van der Waals surface area (Å²) in [6.45, 7) is 8.78. The zero-order valence-corrected chi connectivity index (χ0v) is 20.7. The van der Waals surface area contributed by atoms with E-state index in [0.717, 1.165) is 61.0 Å². The molecule has 0 radical (unpaired) electrons. The summed E-state index contributed by atoms with van der Waals surface area (Å²) >= 11 is 0. The first-order chi connectivity index (χ1) is 16.7. The summed E-state index contributed by atoms with van der Waals surface area (Å²) in [6.07, 6.45) is 1.04. The van der Waals surface area contributed by atoms with E-state index in [1.54, 1.807) is 14.2 Å². The molecule has 1 aromatic heterocycles. The molecule has 4 rings (SSSR count). The van der Waals surface area contributed by atoms with Gasteiger partial charge in [0.2, 0.25) is 5.88 Å². The predicted octanol–water partition coefficient (Wildman–Crippen LogP) is 5.44. The number of hydrogen-bond acceptors (Lipinski definition) is 6. The number of pyridine rings is 1. The molecule has 0 N–H and O–H groups in total. The Kier molecular flexibility index (Phi) is 7.91. The Bertz CT molecular complexity index is 1050. The summed E-state index contributed by atoms with van der Waals surface area (Å²) in [4.78, 5) is 9.87. The molecule has 2 aromatic carbocycles. The lowest BCUT2D eigenvalue weighted by Gasteiger charge is -2.28. The lowest BCUT2D eigenvalue weighted by atomic mass is 10.0. The smallest absolute Gasteiger partial charge is 0.213 e. The van der Waals surface area contributed by atoms with Crippen molar-refractivity contribution in [1.29, 1.82) is 0 Å². The molecular weight excluding hydrogens is 426 g/mol. The quantitative estimate of drug-likeness (QED) is 0.445. The number of benzene rings is 2. The second-order valence-corrected chi connectivity index (χ2v) is 8.37. The highest BCUT2D eigenvalue weighted by atomic mass is 16.5. The van der Waals surface area contributed by atoms with Gasteiger partial charge in [0.15, 0.2) is 0 Å². The Morgan fingerprint density at radius 2 is 1.56 bits per heavy atom. The number of methoxy groups -OCH3 is 2. The molecule has 0 spiro atoms. The van der Waals surface area contributed by atoms with Crippen LogP contribution in [-0.4, -0.2) is 56.9 Å². The number of anilines is 1. The Morgan fingerprint density at radius 1 is 0.824 bits per heavy atom. The molecule has 6 heteroatoms. The molecule has 1 saturated heterocycles. The summed E-state index contributed by atoms with van der Waals surface area (Å²) in [5.74, 6) is 2.38. The third-order valence-corrected chi connectivity index (χ3v) is 6.51. The number of aromatic nitrogens is 1. The second-order valence-electron chi connectivity index (χ2n) is 8.37. The molecule has 3 aromatic rings. The van der Waals surface area contributed by atoms with Crippen molar-refractivity contribution in [3.05, 3.63) is 66.2 Å². The van der Waals surface area contributed by atoms with E-state index in [9.17, 15) is 0 Å². The van der Waals surface area contributed by atoms with Crippen molar-refractivity contribution in [3.63, 3.8) is 0 Å². The largest absolute Gasteiger partial charge is 0.497 e. The normalized spacial score (nSPS) is 16.7. The summed E-state index contributed by atoms with van der Waals surface area (Å²) < 4.78 is 16.4. The Balaban J connectivity index is 1.62.